The number of hydrogen-bond acceptors (Lipinski definition) is 9. The lowest BCUT2D eigenvalue weighted by molar-refractivity contribution is -0.137. The molecule has 2 fully saturated rings. The molecule has 0 unspecified atom stereocenters. The van der Waals surface area contributed by atoms with Gasteiger partial charge in [0.1, 0.15) is 11.1 Å². The highest BCUT2D eigenvalue weighted by atomic mass is 32.1. The number of piperazine rings is 1. The van der Waals surface area contributed by atoms with Crippen molar-refractivity contribution in [2.24, 2.45) is 0 Å². The fourth-order valence-corrected chi connectivity index (χ4v) is 7.01. The monoisotopic (exact) mass is 628 g/mol. The molecule has 3 heterocycles. The van der Waals surface area contributed by atoms with Gasteiger partial charge in [-0.1, -0.05) is 56.9 Å². The van der Waals surface area contributed by atoms with Crippen LogP contribution in [0.25, 0.3) is 22.4 Å². The summed E-state index contributed by atoms with van der Waals surface area (Å²) in [6.07, 6.45) is 4.90. The number of rotatable bonds is 9. The first-order valence-corrected chi connectivity index (χ1v) is 16.8. The highest BCUT2D eigenvalue weighted by molar-refractivity contribution is 7.14. The topological polar surface area (TPSA) is 112 Å². The summed E-state index contributed by atoms with van der Waals surface area (Å²) in [4.78, 5) is 56.8. The lowest BCUT2D eigenvalue weighted by Crippen LogP contribution is -2.61. The van der Waals surface area contributed by atoms with Gasteiger partial charge in [-0.25, -0.2) is 9.97 Å². The lowest BCUT2D eigenvalue weighted by Gasteiger charge is -2.39. The fraction of sp³-hybridized carbons (Fsp3) is 0.441. The van der Waals surface area contributed by atoms with E-state index in [-0.39, 0.29) is 18.3 Å². The Labute approximate surface area is 267 Å². The van der Waals surface area contributed by atoms with Crippen LogP contribution in [0, 0.1) is 0 Å². The molecule has 1 saturated carbocycles. The molecule has 0 radical (unpaired) electrons. The van der Waals surface area contributed by atoms with Gasteiger partial charge in [-0.05, 0) is 50.6 Å². The summed E-state index contributed by atoms with van der Waals surface area (Å²) in [5.74, 6) is -1.43. The van der Waals surface area contributed by atoms with Crippen molar-refractivity contribution in [1.29, 1.82) is 0 Å². The number of benzene rings is 2. The maximum Gasteiger partial charge on any atom is 0.316 e. The van der Waals surface area contributed by atoms with Crippen LogP contribution >= 0.6 is 11.3 Å². The number of thiazole rings is 1. The van der Waals surface area contributed by atoms with Crippen molar-refractivity contribution in [3.63, 3.8) is 0 Å². The molecule has 0 spiro atoms. The maximum absolute atomic E-state index is 14.3. The molecular weight excluding hydrogens is 588 g/mol. The molecule has 0 atom stereocenters. The van der Waals surface area contributed by atoms with E-state index in [4.69, 9.17) is 9.40 Å². The van der Waals surface area contributed by atoms with E-state index < -0.39 is 17.4 Å². The number of anilines is 1. The minimum Gasteiger partial charge on any atom is -0.432 e. The van der Waals surface area contributed by atoms with E-state index >= 15 is 0 Å². The van der Waals surface area contributed by atoms with E-state index in [1.807, 2.05) is 31.2 Å². The average Bonchev–Trinajstić information content (AvgIpc) is 3.74. The predicted molar refractivity (Wildman–Crippen MR) is 176 cm³/mol. The number of hydrogen-bond donors (Lipinski definition) is 1. The summed E-state index contributed by atoms with van der Waals surface area (Å²) >= 11 is 1.63. The molecule has 1 saturated heterocycles. The number of fused-ring (bicyclic) bond motifs is 1. The first-order valence-electron chi connectivity index (χ1n) is 15.9. The van der Waals surface area contributed by atoms with Crippen LogP contribution < -0.4 is 10.2 Å². The number of aromatic nitrogens is 2. The molecule has 6 rings (SSSR count). The minimum absolute atomic E-state index is 0.119. The van der Waals surface area contributed by atoms with E-state index in [2.05, 4.69) is 32.5 Å². The largest absolute Gasteiger partial charge is 0.432 e. The Hall–Kier alpha value is -4.09. The Morgan fingerprint density at radius 1 is 0.978 bits per heavy atom. The second kappa shape index (κ2) is 13.5. The van der Waals surface area contributed by atoms with Crippen LogP contribution in [0.15, 0.2) is 58.3 Å². The standard InChI is InChI=1S/C34H40N6O4S/c1-3-4-18-40(31(42)30-35-26-10-6-7-11-28(26)44-30)32(43)34(16-8-5-9-17-34)37-29(41)25-14-12-24(13-15-25)27-23-45-33(36-27)39-21-19-38(2)20-22-39/h6-7,10-15,23H,3-5,8-9,16-22H2,1-2H3,(H,37,41). The van der Waals surface area contributed by atoms with E-state index in [9.17, 15) is 14.4 Å². The van der Waals surface area contributed by atoms with Gasteiger partial charge in [0.2, 0.25) is 0 Å². The van der Waals surface area contributed by atoms with E-state index in [0.717, 1.165) is 68.3 Å². The van der Waals surface area contributed by atoms with E-state index in [1.165, 1.54) is 4.90 Å². The summed E-state index contributed by atoms with van der Waals surface area (Å²) in [6.45, 7) is 6.18. The normalized spacial score (nSPS) is 16.9. The number of amides is 3. The zero-order chi connectivity index (χ0) is 31.4. The van der Waals surface area contributed by atoms with Gasteiger partial charge in [-0.2, -0.15) is 0 Å². The lowest BCUT2D eigenvalue weighted by atomic mass is 9.80. The summed E-state index contributed by atoms with van der Waals surface area (Å²) in [5.41, 5.74) is 2.12. The fourth-order valence-electron chi connectivity index (χ4n) is 6.12. The van der Waals surface area contributed by atoms with Crippen molar-refractivity contribution < 1.29 is 18.8 Å². The van der Waals surface area contributed by atoms with Crippen molar-refractivity contribution >= 4 is 45.3 Å². The van der Waals surface area contributed by atoms with Crippen LogP contribution in [0.3, 0.4) is 0 Å². The van der Waals surface area contributed by atoms with Crippen molar-refractivity contribution in [2.45, 2.75) is 57.4 Å². The van der Waals surface area contributed by atoms with Gasteiger partial charge < -0.3 is 19.5 Å². The smallest absolute Gasteiger partial charge is 0.316 e. The van der Waals surface area contributed by atoms with Crippen molar-refractivity contribution in [3.8, 4) is 11.3 Å². The Bertz CT molecular complexity index is 1620. The zero-order valence-corrected chi connectivity index (χ0v) is 26.8. The van der Waals surface area contributed by atoms with E-state index in [0.29, 0.717) is 35.9 Å². The molecule has 10 nitrogen and oxygen atoms in total. The number of nitrogens with one attached hydrogen (secondary N) is 1. The zero-order valence-electron chi connectivity index (χ0n) is 26.0. The van der Waals surface area contributed by atoms with Crippen LogP contribution in [0.4, 0.5) is 5.13 Å². The maximum atomic E-state index is 14.3. The van der Waals surface area contributed by atoms with Gasteiger partial charge >= 0.3 is 5.91 Å². The summed E-state index contributed by atoms with van der Waals surface area (Å²) < 4.78 is 5.75. The summed E-state index contributed by atoms with van der Waals surface area (Å²) in [5, 5.41) is 6.16. The summed E-state index contributed by atoms with van der Waals surface area (Å²) in [6, 6.07) is 14.5. The molecule has 1 aliphatic carbocycles. The van der Waals surface area contributed by atoms with Crippen LogP contribution in [0.5, 0.6) is 0 Å². The molecular formula is C34H40N6O4S. The Kier molecular flexibility index (Phi) is 9.27. The third-order valence-electron chi connectivity index (χ3n) is 8.88. The molecule has 236 valence electrons. The number of para-hydroxylation sites is 2. The number of carbonyl (C=O) groups is 3. The predicted octanol–water partition coefficient (Wildman–Crippen LogP) is 5.60. The van der Waals surface area contributed by atoms with E-state index in [1.54, 1.807) is 35.6 Å². The number of unbranched alkanes of at least 4 members (excludes halogenated alkanes) is 1. The molecule has 2 aromatic heterocycles. The quantitative estimate of drug-likeness (QED) is 0.238. The van der Waals surface area contributed by atoms with Crippen LogP contribution in [0.2, 0.25) is 0 Å². The van der Waals surface area contributed by atoms with Gasteiger partial charge in [0, 0.05) is 49.2 Å². The molecule has 2 aliphatic rings. The third kappa shape index (κ3) is 6.64. The van der Waals surface area contributed by atoms with Gasteiger partial charge in [0.25, 0.3) is 17.7 Å². The molecule has 4 aromatic rings. The first-order chi connectivity index (χ1) is 21.9. The van der Waals surface area contributed by atoms with Crippen molar-refractivity contribution in [2.75, 3.05) is 44.7 Å². The first kappa shape index (κ1) is 30.9. The Balaban J connectivity index is 1.20. The third-order valence-corrected chi connectivity index (χ3v) is 9.78. The Morgan fingerprint density at radius 3 is 2.42 bits per heavy atom. The highest BCUT2D eigenvalue weighted by Crippen LogP contribution is 2.32. The average molecular weight is 629 g/mol. The van der Waals surface area contributed by atoms with Crippen LogP contribution in [0.1, 0.15) is 72.9 Å². The van der Waals surface area contributed by atoms with Crippen molar-refractivity contribution in [1.82, 2.24) is 25.1 Å². The minimum atomic E-state index is -1.18. The van der Waals surface area contributed by atoms with Crippen LogP contribution in [-0.2, 0) is 4.79 Å². The van der Waals surface area contributed by atoms with Crippen molar-refractivity contribution in [3.05, 3.63) is 65.4 Å². The van der Waals surface area contributed by atoms with Gasteiger partial charge in [0.15, 0.2) is 10.7 Å². The molecule has 1 N–H and O–H groups in total. The number of carbonyl (C=O) groups excluding carboxylic acids is 3. The van der Waals surface area contributed by atoms with Gasteiger partial charge in [-0.3, -0.25) is 19.3 Å². The molecule has 2 aromatic carbocycles. The van der Waals surface area contributed by atoms with Crippen LogP contribution in [-0.4, -0.2) is 82.8 Å². The highest BCUT2D eigenvalue weighted by Gasteiger charge is 2.45. The molecule has 1 aliphatic heterocycles. The van der Waals surface area contributed by atoms with Gasteiger partial charge in [-0.15, -0.1) is 11.3 Å². The second-order valence-corrected chi connectivity index (χ2v) is 12.9. The summed E-state index contributed by atoms with van der Waals surface area (Å²) in [7, 11) is 2.14. The molecule has 0 bridgehead atoms. The number of oxazole rings is 1. The second-order valence-electron chi connectivity index (χ2n) is 12.1. The molecule has 11 heteroatoms. The number of nitrogens with zero attached hydrogens (tertiary/aromatic N) is 5. The number of likely N-dealkylation sites (N-methyl/N-ethyl adjacent to an activating group) is 1. The Morgan fingerprint density at radius 2 is 1.71 bits per heavy atom. The SMILES string of the molecule is CCCCN(C(=O)c1nc2ccccc2o1)C(=O)C1(NC(=O)c2ccc(-c3csc(N4CCN(C)CC4)n3)cc2)CCCCC1. The molecule has 3 amide bonds. The van der Waals surface area contributed by atoms with Gasteiger partial charge in [0.05, 0.1) is 5.69 Å². The number of imide groups is 1. The molecule has 45 heavy (non-hydrogen) atoms.